The van der Waals surface area contributed by atoms with Gasteiger partial charge >= 0.3 is 0 Å². The molecule has 24 heavy (non-hydrogen) atoms. The number of ether oxygens (including phenoxy) is 1. The molecular weight excluding hydrogens is 315 g/mol. The zero-order valence-corrected chi connectivity index (χ0v) is 12.8. The van der Waals surface area contributed by atoms with Gasteiger partial charge in [0.1, 0.15) is 11.6 Å². The maximum atomic E-state index is 14.1. The maximum absolute atomic E-state index is 14.1. The van der Waals surface area contributed by atoms with E-state index >= 15 is 0 Å². The molecule has 0 unspecified atom stereocenters. The molecule has 2 aromatic rings. The van der Waals surface area contributed by atoms with Gasteiger partial charge in [0.15, 0.2) is 6.61 Å². The second-order valence-electron chi connectivity index (χ2n) is 5.44. The summed E-state index contributed by atoms with van der Waals surface area (Å²) in [7, 11) is 0. The third-order valence-corrected chi connectivity index (χ3v) is 3.86. The van der Waals surface area contributed by atoms with E-state index in [1.54, 1.807) is 12.1 Å². The fraction of sp³-hybridized carbons (Fsp3) is 0.235. The predicted octanol–water partition coefficient (Wildman–Crippen LogP) is 3.09. The quantitative estimate of drug-likeness (QED) is 0.638. The van der Waals surface area contributed by atoms with Crippen LogP contribution in [-0.2, 0) is 11.2 Å². The number of para-hydroxylation sites is 1. The summed E-state index contributed by atoms with van der Waals surface area (Å²) in [5, 5.41) is 10.7. The normalized spacial score (nSPS) is 13.3. The van der Waals surface area contributed by atoms with Gasteiger partial charge in [-0.3, -0.25) is 14.9 Å². The van der Waals surface area contributed by atoms with Gasteiger partial charge in [0.05, 0.1) is 16.7 Å². The van der Waals surface area contributed by atoms with Gasteiger partial charge in [-0.2, -0.15) is 0 Å². The third kappa shape index (κ3) is 3.19. The van der Waals surface area contributed by atoms with Crippen molar-refractivity contribution in [1.82, 2.24) is 0 Å². The molecule has 2 aromatic carbocycles. The molecule has 0 fully saturated rings. The number of nitrogens with zero attached hydrogens (tertiary/aromatic N) is 2. The molecule has 0 bridgehead atoms. The first-order chi connectivity index (χ1) is 11.6. The summed E-state index contributed by atoms with van der Waals surface area (Å²) >= 11 is 0. The molecule has 1 amide bonds. The fourth-order valence-corrected chi connectivity index (χ4v) is 2.76. The smallest absolute Gasteiger partial charge is 0.273 e. The number of halogens is 1. The SMILES string of the molecule is O=C(COc1cccc([N+](=O)[O-])c1)N1CCCc2cccc(F)c21. The molecule has 1 heterocycles. The van der Waals surface area contributed by atoms with E-state index in [1.807, 2.05) is 0 Å². The van der Waals surface area contributed by atoms with Gasteiger partial charge in [-0.15, -0.1) is 0 Å². The number of fused-ring (bicyclic) bond motifs is 1. The van der Waals surface area contributed by atoms with Crippen LogP contribution in [0.3, 0.4) is 0 Å². The van der Waals surface area contributed by atoms with Crippen LogP contribution in [0.5, 0.6) is 5.75 Å². The molecule has 7 heteroatoms. The van der Waals surface area contributed by atoms with Crippen molar-refractivity contribution in [1.29, 1.82) is 0 Å². The summed E-state index contributed by atoms with van der Waals surface area (Å²) in [6, 6.07) is 10.4. The van der Waals surface area contributed by atoms with Crippen molar-refractivity contribution in [3.05, 3.63) is 64.0 Å². The second kappa shape index (κ2) is 6.66. The number of carbonyl (C=O) groups excluding carboxylic acids is 1. The van der Waals surface area contributed by atoms with Gasteiger partial charge in [-0.05, 0) is 30.5 Å². The van der Waals surface area contributed by atoms with E-state index in [1.165, 1.54) is 35.2 Å². The van der Waals surface area contributed by atoms with Crippen molar-refractivity contribution < 1.29 is 18.8 Å². The highest BCUT2D eigenvalue weighted by Gasteiger charge is 2.25. The number of hydrogen-bond donors (Lipinski definition) is 0. The Morgan fingerprint density at radius 1 is 1.29 bits per heavy atom. The molecule has 1 aliphatic heterocycles. The number of carbonyl (C=O) groups is 1. The van der Waals surface area contributed by atoms with Crippen LogP contribution in [0.4, 0.5) is 15.8 Å². The Bertz CT molecular complexity index is 794. The van der Waals surface area contributed by atoms with Crippen LogP contribution in [0.2, 0.25) is 0 Å². The second-order valence-corrected chi connectivity index (χ2v) is 5.44. The first-order valence-electron chi connectivity index (χ1n) is 7.51. The molecule has 0 saturated heterocycles. The lowest BCUT2D eigenvalue weighted by Gasteiger charge is -2.29. The minimum Gasteiger partial charge on any atom is -0.483 e. The molecule has 3 rings (SSSR count). The first-order valence-corrected chi connectivity index (χ1v) is 7.51. The van der Waals surface area contributed by atoms with Crippen molar-refractivity contribution in [2.24, 2.45) is 0 Å². The van der Waals surface area contributed by atoms with Gasteiger partial charge < -0.3 is 9.64 Å². The Hall–Kier alpha value is -2.96. The van der Waals surface area contributed by atoms with Crippen LogP contribution in [-0.4, -0.2) is 24.0 Å². The maximum Gasteiger partial charge on any atom is 0.273 e. The predicted molar refractivity (Wildman–Crippen MR) is 85.7 cm³/mol. The number of hydrogen-bond acceptors (Lipinski definition) is 4. The van der Waals surface area contributed by atoms with Crippen molar-refractivity contribution >= 4 is 17.3 Å². The summed E-state index contributed by atoms with van der Waals surface area (Å²) in [6.07, 6.45) is 1.47. The number of benzene rings is 2. The monoisotopic (exact) mass is 330 g/mol. The van der Waals surface area contributed by atoms with Crippen LogP contribution in [0.25, 0.3) is 0 Å². The van der Waals surface area contributed by atoms with E-state index in [-0.39, 0.29) is 24.0 Å². The van der Waals surface area contributed by atoms with E-state index in [2.05, 4.69) is 0 Å². The highest BCUT2D eigenvalue weighted by molar-refractivity contribution is 5.95. The molecule has 0 radical (unpaired) electrons. The molecule has 1 aliphatic rings. The van der Waals surface area contributed by atoms with Crippen molar-refractivity contribution in [3.8, 4) is 5.75 Å². The van der Waals surface area contributed by atoms with E-state index in [0.717, 1.165) is 18.4 Å². The number of rotatable bonds is 4. The van der Waals surface area contributed by atoms with E-state index in [9.17, 15) is 19.3 Å². The highest BCUT2D eigenvalue weighted by Crippen LogP contribution is 2.30. The number of amides is 1. The Kier molecular flexibility index (Phi) is 4.41. The van der Waals surface area contributed by atoms with Gasteiger partial charge in [0.25, 0.3) is 11.6 Å². The van der Waals surface area contributed by atoms with Gasteiger partial charge in [-0.25, -0.2) is 4.39 Å². The molecule has 0 aromatic heterocycles. The number of non-ortho nitro benzene ring substituents is 1. The number of anilines is 1. The molecule has 0 N–H and O–H groups in total. The van der Waals surface area contributed by atoms with Gasteiger partial charge in [0, 0.05) is 12.6 Å². The molecule has 6 nitrogen and oxygen atoms in total. The fourth-order valence-electron chi connectivity index (χ4n) is 2.76. The summed E-state index contributed by atoms with van der Waals surface area (Å²) in [5.74, 6) is -0.591. The number of aryl methyl sites for hydroxylation is 1. The van der Waals surface area contributed by atoms with Crippen LogP contribution >= 0.6 is 0 Å². The Morgan fingerprint density at radius 3 is 2.88 bits per heavy atom. The van der Waals surface area contributed by atoms with E-state index < -0.39 is 10.7 Å². The van der Waals surface area contributed by atoms with Crippen molar-refractivity contribution in [2.45, 2.75) is 12.8 Å². The lowest BCUT2D eigenvalue weighted by Crippen LogP contribution is -2.39. The Labute approximate surface area is 137 Å². The zero-order chi connectivity index (χ0) is 17.1. The van der Waals surface area contributed by atoms with Crippen LogP contribution in [0, 0.1) is 15.9 Å². The molecule has 124 valence electrons. The van der Waals surface area contributed by atoms with Crippen LogP contribution in [0.15, 0.2) is 42.5 Å². The minimum atomic E-state index is -0.537. The first kappa shape index (κ1) is 15.9. The standard InChI is InChI=1S/C17H15FN2O4/c18-15-8-1-4-12-5-3-9-19(17(12)15)16(21)11-24-14-7-2-6-13(10-14)20(22)23/h1-2,4,6-8,10H,3,5,9,11H2. The zero-order valence-electron chi connectivity index (χ0n) is 12.8. The summed E-state index contributed by atoms with van der Waals surface area (Å²) in [4.78, 5) is 24.0. The summed E-state index contributed by atoms with van der Waals surface area (Å²) in [6.45, 7) is 0.111. The molecule has 0 aliphatic carbocycles. The third-order valence-electron chi connectivity index (χ3n) is 3.86. The lowest BCUT2D eigenvalue weighted by atomic mass is 10.0. The molecule has 0 saturated carbocycles. The van der Waals surface area contributed by atoms with Gasteiger partial charge in [0.2, 0.25) is 0 Å². The van der Waals surface area contributed by atoms with E-state index in [0.29, 0.717) is 12.2 Å². The molecular formula is C17H15FN2O4. The highest BCUT2D eigenvalue weighted by atomic mass is 19.1. The average molecular weight is 330 g/mol. The lowest BCUT2D eigenvalue weighted by molar-refractivity contribution is -0.384. The van der Waals surface area contributed by atoms with Crippen molar-refractivity contribution in [3.63, 3.8) is 0 Å². The van der Waals surface area contributed by atoms with Gasteiger partial charge in [-0.1, -0.05) is 18.2 Å². The number of nitro groups is 1. The summed E-state index contributed by atoms with van der Waals surface area (Å²) in [5.41, 5.74) is 0.982. The van der Waals surface area contributed by atoms with Crippen molar-refractivity contribution in [2.75, 3.05) is 18.1 Å². The minimum absolute atomic E-state index is 0.116. The number of nitro benzene ring substituents is 1. The molecule has 0 spiro atoms. The average Bonchev–Trinajstić information content (AvgIpc) is 2.59. The summed E-state index contributed by atoms with van der Waals surface area (Å²) < 4.78 is 19.4. The van der Waals surface area contributed by atoms with Crippen LogP contribution < -0.4 is 9.64 Å². The Balaban J connectivity index is 1.73. The van der Waals surface area contributed by atoms with E-state index in [4.69, 9.17) is 4.74 Å². The topological polar surface area (TPSA) is 72.7 Å². The molecule has 0 atom stereocenters. The Morgan fingerprint density at radius 2 is 2.08 bits per heavy atom. The largest absolute Gasteiger partial charge is 0.483 e. The van der Waals surface area contributed by atoms with Crippen LogP contribution in [0.1, 0.15) is 12.0 Å².